The van der Waals surface area contributed by atoms with Crippen molar-refractivity contribution in [2.24, 2.45) is 0 Å². The number of carbonyl (C=O) groups is 3. The normalized spacial score (nSPS) is 12.9. The Bertz CT molecular complexity index is 1690. The van der Waals surface area contributed by atoms with Gasteiger partial charge in [-0.15, -0.1) is 0 Å². The molecule has 0 fully saturated rings. The Hall–Kier alpha value is -4.19. The van der Waals surface area contributed by atoms with Crippen molar-refractivity contribution in [1.82, 2.24) is 0 Å². The second-order valence-electron chi connectivity index (χ2n) is 22.7. The summed E-state index contributed by atoms with van der Waals surface area (Å²) >= 11 is 0. The molecule has 0 rings (SSSR count). The van der Waals surface area contributed by atoms with E-state index in [2.05, 4.69) is 142 Å². The van der Waals surface area contributed by atoms with E-state index in [0.29, 0.717) is 19.3 Å². The Balaban J connectivity index is 4.26. The third-order valence-corrected chi connectivity index (χ3v) is 14.7. The first kappa shape index (κ1) is 77.8. The second-order valence-corrected chi connectivity index (χ2v) is 22.7. The van der Waals surface area contributed by atoms with E-state index in [1.165, 1.54) is 148 Å². The van der Waals surface area contributed by atoms with Gasteiger partial charge in [-0.25, -0.2) is 0 Å². The zero-order valence-electron chi connectivity index (χ0n) is 53.7. The van der Waals surface area contributed by atoms with Crippen molar-refractivity contribution in [3.8, 4) is 0 Å². The summed E-state index contributed by atoms with van der Waals surface area (Å²) in [7, 11) is 0. The number of ether oxygens (including phenoxy) is 3. The number of esters is 3. The zero-order valence-corrected chi connectivity index (χ0v) is 53.7. The van der Waals surface area contributed by atoms with Gasteiger partial charge in [0.05, 0.1) is 0 Å². The van der Waals surface area contributed by atoms with Gasteiger partial charge in [-0.1, -0.05) is 328 Å². The first-order valence-corrected chi connectivity index (χ1v) is 34.5. The average molecular weight is 1140 g/mol. The fourth-order valence-corrected chi connectivity index (χ4v) is 9.59. The van der Waals surface area contributed by atoms with Crippen molar-refractivity contribution in [2.45, 2.75) is 329 Å². The molecule has 0 aliphatic rings. The lowest BCUT2D eigenvalue weighted by molar-refractivity contribution is -0.167. The van der Waals surface area contributed by atoms with Gasteiger partial charge in [-0.3, -0.25) is 14.4 Å². The molecule has 0 amide bonds. The minimum Gasteiger partial charge on any atom is -0.462 e. The van der Waals surface area contributed by atoms with Crippen molar-refractivity contribution in [3.63, 3.8) is 0 Å². The molecule has 0 saturated carbocycles. The van der Waals surface area contributed by atoms with Crippen LogP contribution in [0.4, 0.5) is 0 Å². The van der Waals surface area contributed by atoms with Crippen molar-refractivity contribution >= 4 is 17.9 Å². The molecular weight excluding hydrogens is 1010 g/mol. The van der Waals surface area contributed by atoms with Gasteiger partial charge >= 0.3 is 17.9 Å². The Kier molecular flexibility index (Phi) is 65.8. The lowest BCUT2D eigenvalue weighted by Gasteiger charge is -2.18. The maximum atomic E-state index is 12.9. The average Bonchev–Trinajstić information content (AvgIpc) is 3.48. The van der Waals surface area contributed by atoms with Crippen molar-refractivity contribution in [1.29, 1.82) is 0 Å². The van der Waals surface area contributed by atoms with E-state index in [4.69, 9.17) is 14.2 Å². The Labute approximate surface area is 507 Å². The summed E-state index contributed by atoms with van der Waals surface area (Å²) in [4.78, 5) is 38.3. The van der Waals surface area contributed by atoms with Crippen LogP contribution in [0.25, 0.3) is 0 Å². The van der Waals surface area contributed by atoms with Gasteiger partial charge in [0.25, 0.3) is 0 Å². The molecule has 0 aromatic heterocycles. The third-order valence-electron chi connectivity index (χ3n) is 14.7. The quantitative estimate of drug-likeness (QED) is 0.0261. The smallest absolute Gasteiger partial charge is 0.306 e. The fourth-order valence-electron chi connectivity index (χ4n) is 9.59. The van der Waals surface area contributed by atoms with Crippen LogP contribution in [0.3, 0.4) is 0 Å². The van der Waals surface area contributed by atoms with Crippen molar-refractivity contribution in [2.75, 3.05) is 13.2 Å². The van der Waals surface area contributed by atoms with Crippen LogP contribution in [0, 0.1) is 0 Å². The van der Waals surface area contributed by atoms with Crippen molar-refractivity contribution in [3.05, 3.63) is 122 Å². The summed E-state index contributed by atoms with van der Waals surface area (Å²) < 4.78 is 16.9. The van der Waals surface area contributed by atoms with E-state index in [1.807, 2.05) is 0 Å². The van der Waals surface area contributed by atoms with Crippen LogP contribution >= 0.6 is 0 Å². The van der Waals surface area contributed by atoms with Crippen LogP contribution in [0.1, 0.15) is 323 Å². The number of hydrogen-bond donors (Lipinski definition) is 0. The third kappa shape index (κ3) is 66.6. The number of allylic oxidation sites excluding steroid dienone is 20. The van der Waals surface area contributed by atoms with Gasteiger partial charge in [-0.2, -0.15) is 0 Å². The molecule has 0 aliphatic heterocycles. The summed E-state index contributed by atoms with van der Waals surface area (Å²) in [6, 6.07) is 0. The molecule has 6 nitrogen and oxygen atoms in total. The predicted octanol–water partition coefficient (Wildman–Crippen LogP) is 23.9. The summed E-state index contributed by atoms with van der Waals surface area (Å²) in [5.41, 5.74) is 0. The molecule has 0 aromatic rings. The van der Waals surface area contributed by atoms with E-state index in [1.54, 1.807) is 0 Å². The molecule has 82 heavy (non-hydrogen) atoms. The molecule has 468 valence electrons. The van der Waals surface area contributed by atoms with Gasteiger partial charge in [-0.05, 0) is 96.3 Å². The highest BCUT2D eigenvalue weighted by atomic mass is 16.6. The minimum atomic E-state index is -0.787. The maximum absolute atomic E-state index is 12.9. The lowest BCUT2D eigenvalue weighted by atomic mass is 10.0. The molecule has 0 aromatic carbocycles. The van der Waals surface area contributed by atoms with Crippen LogP contribution in [-0.2, 0) is 28.6 Å². The molecule has 0 radical (unpaired) electrons. The molecule has 6 heteroatoms. The van der Waals surface area contributed by atoms with Gasteiger partial charge in [0, 0.05) is 19.3 Å². The number of hydrogen-bond acceptors (Lipinski definition) is 6. The van der Waals surface area contributed by atoms with E-state index in [-0.39, 0.29) is 31.1 Å². The topological polar surface area (TPSA) is 78.9 Å². The number of unbranched alkanes of at least 4 members (excludes halogenated alkanes) is 31. The molecule has 0 N–H and O–H groups in total. The van der Waals surface area contributed by atoms with Crippen LogP contribution in [0.15, 0.2) is 122 Å². The molecule has 1 unspecified atom stereocenters. The molecule has 1 atom stereocenters. The Morgan fingerprint density at radius 1 is 0.256 bits per heavy atom. The molecule has 0 heterocycles. The zero-order chi connectivity index (χ0) is 59.2. The lowest BCUT2D eigenvalue weighted by Crippen LogP contribution is -2.30. The van der Waals surface area contributed by atoms with Gasteiger partial charge in [0.2, 0.25) is 0 Å². The summed E-state index contributed by atoms with van der Waals surface area (Å²) in [6.07, 6.45) is 96.5. The minimum absolute atomic E-state index is 0.0830. The van der Waals surface area contributed by atoms with E-state index >= 15 is 0 Å². The van der Waals surface area contributed by atoms with Gasteiger partial charge in [0.1, 0.15) is 13.2 Å². The molecule has 0 saturated heterocycles. The number of carbonyl (C=O) groups excluding carboxylic acids is 3. The van der Waals surface area contributed by atoms with E-state index < -0.39 is 6.10 Å². The van der Waals surface area contributed by atoms with Crippen LogP contribution in [0.2, 0.25) is 0 Å². The maximum Gasteiger partial charge on any atom is 0.306 e. The summed E-state index contributed by atoms with van der Waals surface area (Å²) in [5, 5.41) is 0. The molecular formula is C76H128O6. The van der Waals surface area contributed by atoms with Crippen LogP contribution < -0.4 is 0 Å². The van der Waals surface area contributed by atoms with Gasteiger partial charge in [0.15, 0.2) is 6.10 Å². The highest BCUT2D eigenvalue weighted by Crippen LogP contribution is 2.17. The number of rotatable bonds is 62. The van der Waals surface area contributed by atoms with Crippen molar-refractivity contribution < 1.29 is 28.6 Å². The highest BCUT2D eigenvalue weighted by molar-refractivity contribution is 5.71. The van der Waals surface area contributed by atoms with Crippen LogP contribution in [0.5, 0.6) is 0 Å². The standard InChI is InChI=1S/C76H128O6/c1-4-7-10-13-16-19-22-24-26-28-30-31-32-33-34-35-36-37-38-39-40-41-42-43-44-45-47-48-50-52-54-57-60-63-66-69-75(78)81-72-73(71-80-74(77)68-65-62-59-56-21-18-15-12-9-6-3)82-76(79)70-67-64-61-58-55-53-51-49-46-29-27-25-23-20-17-14-11-8-5-2/h7,10,16,19,24,26,30-31,33-34,36-37,39-40,42-43,45,47,50,52,73H,4-6,8-9,11-15,17-18,20-23,25,27-29,32,35,38,41,44,46,48-49,51,53-72H2,1-3H3/b10-7-,19-16-,26-24-,31-30-,34-33-,37-36-,40-39-,43-42-,47-45-,52-50-. The molecule has 0 spiro atoms. The second kappa shape index (κ2) is 69.3. The SMILES string of the molecule is CC/C=C\C/C=C\C/C=C\C/C=C\C/C=C\C/C=C\C/C=C\C/C=C\C/C=C\C/C=C\CCCCCCC(=O)OCC(COC(=O)CCCCCCCCCCCC)OC(=O)CCCCCCCCCCCCCCCCCCCCC. The predicted molar refractivity (Wildman–Crippen MR) is 357 cm³/mol. The fraction of sp³-hybridized carbons (Fsp3) is 0.697. The summed E-state index contributed by atoms with van der Waals surface area (Å²) in [6.45, 7) is 6.52. The van der Waals surface area contributed by atoms with E-state index in [9.17, 15) is 14.4 Å². The first-order chi connectivity index (χ1) is 40.5. The van der Waals surface area contributed by atoms with Gasteiger partial charge < -0.3 is 14.2 Å². The van der Waals surface area contributed by atoms with Crippen LogP contribution in [-0.4, -0.2) is 37.2 Å². The Morgan fingerprint density at radius 3 is 0.744 bits per heavy atom. The van der Waals surface area contributed by atoms with E-state index in [0.717, 1.165) is 135 Å². The molecule has 0 bridgehead atoms. The summed E-state index contributed by atoms with van der Waals surface area (Å²) in [5.74, 6) is -0.899. The monoisotopic (exact) mass is 1140 g/mol. The Morgan fingerprint density at radius 2 is 0.476 bits per heavy atom. The largest absolute Gasteiger partial charge is 0.462 e. The molecule has 0 aliphatic carbocycles. The highest BCUT2D eigenvalue weighted by Gasteiger charge is 2.19. The first-order valence-electron chi connectivity index (χ1n) is 34.5.